The third-order valence-electron chi connectivity index (χ3n) is 4.87. The van der Waals surface area contributed by atoms with Crippen LogP contribution in [0, 0.1) is 10.1 Å². The van der Waals surface area contributed by atoms with Crippen LogP contribution in [0.2, 0.25) is 18.1 Å². The molecule has 0 aromatic heterocycles. The fourth-order valence-electron chi connectivity index (χ4n) is 2.37. The number of nitro groups is 1. The van der Waals surface area contributed by atoms with Gasteiger partial charge >= 0.3 is 0 Å². The molecule has 1 aromatic rings. The molecule has 6 heteroatoms. The maximum absolute atomic E-state index is 10.8. The van der Waals surface area contributed by atoms with Crippen LogP contribution >= 0.6 is 0 Å². The van der Waals surface area contributed by atoms with Gasteiger partial charge < -0.3 is 4.43 Å². The smallest absolute Gasteiger partial charge is 0.269 e. The van der Waals surface area contributed by atoms with Crippen molar-refractivity contribution in [2.45, 2.75) is 52.0 Å². The number of rotatable bonds is 5. The lowest BCUT2D eigenvalue weighted by molar-refractivity contribution is -0.384. The number of nitro benzene ring substituents is 1. The first-order valence-electron chi connectivity index (χ1n) is 7.73. The van der Waals surface area contributed by atoms with Crippen molar-refractivity contribution in [2.24, 2.45) is 0 Å². The van der Waals surface area contributed by atoms with Gasteiger partial charge in [0, 0.05) is 38.4 Å². The first kappa shape index (κ1) is 17.1. The Bertz CT molecular complexity index is 567. The normalized spacial score (nSPS) is 15.9. The van der Waals surface area contributed by atoms with Gasteiger partial charge in [0.2, 0.25) is 0 Å². The topological polar surface area (TPSA) is 55.6 Å². The van der Waals surface area contributed by atoms with E-state index in [2.05, 4.69) is 38.8 Å². The van der Waals surface area contributed by atoms with Crippen molar-refractivity contribution in [1.29, 1.82) is 0 Å². The third-order valence-corrected chi connectivity index (χ3v) is 9.40. The van der Waals surface area contributed by atoms with Crippen LogP contribution in [0.4, 0.5) is 5.69 Å². The molecule has 0 unspecified atom stereocenters. The highest BCUT2D eigenvalue weighted by atomic mass is 28.4. The van der Waals surface area contributed by atoms with Gasteiger partial charge in [0.1, 0.15) is 0 Å². The lowest BCUT2D eigenvalue weighted by Gasteiger charge is -2.36. The number of hydrogen-bond donors (Lipinski definition) is 0. The molecule has 1 heterocycles. The van der Waals surface area contributed by atoms with Gasteiger partial charge in [-0.1, -0.05) is 26.8 Å². The van der Waals surface area contributed by atoms with E-state index in [1.54, 1.807) is 12.1 Å². The highest BCUT2D eigenvalue weighted by Crippen LogP contribution is 2.36. The summed E-state index contributed by atoms with van der Waals surface area (Å²) in [6.45, 7) is 14.5. The summed E-state index contributed by atoms with van der Waals surface area (Å²) in [5, 5.41) is 11.1. The van der Waals surface area contributed by atoms with Crippen LogP contribution in [-0.2, 0) is 17.5 Å². The zero-order valence-electron chi connectivity index (χ0n) is 14.2. The molecule has 0 saturated heterocycles. The molecule has 0 aliphatic carbocycles. The van der Waals surface area contributed by atoms with Crippen LogP contribution in [0.3, 0.4) is 0 Å². The number of benzene rings is 1. The molecular formula is C16H26N2O3Si. The molecule has 5 nitrogen and oxygen atoms in total. The zero-order chi connectivity index (χ0) is 16.5. The van der Waals surface area contributed by atoms with Gasteiger partial charge in [0.25, 0.3) is 5.69 Å². The fourth-order valence-corrected chi connectivity index (χ4v) is 3.40. The lowest BCUT2D eigenvalue weighted by atomic mass is 10.1. The second-order valence-electron chi connectivity index (χ2n) is 7.53. The van der Waals surface area contributed by atoms with Crippen LogP contribution in [0.5, 0.6) is 0 Å². The van der Waals surface area contributed by atoms with E-state index < -0.39 is 8.32 Å². The molecule has 0 spiro atoms. The molecule has 0 N–H and O–H groups in total. The van der Waals surface area contributed by atoms with Gasteiger partial charge in [0.05, 0.1) is 4.92 Å². The van der Waals surface area contributed by atoms with Crippen LogP contribution in [0.1, 0.15) is 31.9 Å². The monoisotopic (exact) mass is 322 g/mol. The van der Waals surface area contributed by atoms with Crippen LogP contribution < -0.4 is 0 Å². The Kier molecular flexibility index (Phi) is 4.75. The van der Waals surface area contributed by atoms with Crippen molar-refractivity contribution >= 4 is 14.0 Å². The number of non-ortho nitro benzene ring substituents is 1. The Labute approximate surface area is 133 Å². The minimum atomic E-state index is -1.70. The van der Waals surface area contributed by atoms with Crippen molar-refractivity contribution in [3.05, 3.63) is 39.4 Å². The summed E-state index contributed by atoms with van der Waals surface area (Å²) < 4.78 is 6.21. The average molecular weight is 322 g/mol. The van der Waals surface area contributed by atoms with Gasteiger partial charge in [-0.15, -0.1) is 0 Å². The summed E-state index contributed by atoms with van der Waals surface area (Å²) in [5.74, 6) is 0. The van der Waals surface area contributed by atoms with Crippen LogP contribution in [0.15, 0.2) is 18.2 Å². The highest BCUT2D eigenvalue weighted by Gasteiger charge is 2.37. The second kappa shape index (κ2) is 6.10. The summed E-state index contributed by atoms with van der Waals surface area (Å²) in [4.78, 5) is 12.8. The number of fused-ring (bicyclic) bond motifs is 1. The number of hydrogen-bond acceptors (Lipinski definition) is 4. The van der Waals surface area contributed by atoms with Crippen molar-refractivity contribution < 1.29 is 9.35 Å². The summed E-state index contributed by atoms with van der Waals surface area (Å²) >= 11 is 0. The lowest BCUT2D eigenvalue weighted by Crippen LogP contribution is -2.42. The van der Waals surface area contributed by atoms with Crippen molar-refractivity contribution in [2.75, 3.05) is 13.2 Å². The van der Waals surface area contributed by atoms with Crippen molar-refractivity contribution in [3.63, 3.8) is 0 Å². The van der Waals surface area contributed by atoms with E-state index in [4.69, 9.17) is 4.43 Å². The summed E-state index contributed by atoms with van der Waals surface area (Å²) in [5.41, 5.74) is 2.44. The first-order valence-corrected chi connectivity index (χ1v) is 10.6. The Morgan fingerprint density at radius 2 is 1.91 bits per heavy atom. The van der Waals surface area contributed by atoms with E-state index in [-0.39, 0.29) is 15.6 Å². The SMILES string of the molecule is CC(C)(C)[Si](C)(C)OCCN1Cc2ccc([N+](=O)[O-])cc2C1. The summed E-state index contributed by atoms with van der Waals surface area (Å²) in [7, 11) is -1.70. The van der Waals surface area contributed by atoms with E-state index in [1.165, 1.54) is 5.56 Å². The van der Waals surface area contributed by atoms with E-state index in [1.807, 2.05) is 6.07 Å². The van der Waals surface area contributed by atoms with Gasteiger partial charge in [-0.2, -0.15) is 0 Å². The Morgan fingerprint density at radius 3 is 2.50 bits per heavy atom. The van der Waals surface area contributed by atoms with E-state index in [0.29, 0.717) is 0 Å². The molecule has 0 bridgehead atoms. The molecule has 0 amide bonds. The minimum Gasteiger partial charge on any atom is -0.416 e. The average Bonchev–Trinajstić information content (AvgIpc) is 2.78. The maximum Gasteiger partial charge on any atom is 0.269 e. The molecular weight excluding hydrogens is 296 g/mol. The molecule has 22 heavy (non-hydrogen) atoms. The molecule has 0 radical (unpaired) electrons. The van der Waals surface area contributed by atoms with E-state index >= 15 is 0 Å². The predicted octanol–water partition coefficient (Wildman–Crippen LogP) is 3.93. The standard InChI is InChI=1S/C16H26N2O3Si/c1-16(2,3)22(4,5)21-9-8-17-11-13-6-7-15(18(19)20)10-14(13)12-17/h6-7,10H,8-9,11-12H2,1-5H3. The molecule has 0 saturated carbocycles. The fraction of sp³-hybridized carbons (Fsp3) is 0.625. The third kappa shape index (κ3) is 3.74. The van der Waals surface area contributed by atoms with Gasteiger partial charge in [-0.3, -0.25) is 15.0 Å². The van der Waals surface area contributed by atoms with Crippen LogP contribution in [-0.4, -0.2) is 31.3 Å². The van der Waals surface area contributed by atoms with Crippen molar-refractivity contribution in [1.82, 2.24) is 4.90 Å². The highest BCUT2D eigenvalue weighted by molar-refractivity contribution is 6.74. The number of nitrogens with zero attached hydrogens (tertiary/aromatic N) is 2. The summed E-state index contributed by atoms with van der Waals surface area (Å²) in [6, 6.07) is 5.17. The molecule has 1 aliphatic rings. The molecule has 2 rings (SSSR count). The minimum absolute atomic E-state index is 0.179. The molecule has 1 aliphatic heterocycles. The molecule has 122 valence electrons. The first-order chi connectivity index (χ1) is 10.1. The second-order valence-corrected chi connectivity index (χ2v) is 12.3. The zero-order valence-corrected chi connectivity index (χ0v) is 15.2. The van der Waals surface area contributed by atoms with Gasteiger partial charge in [-0.05, 0) is 29.3 Å². The van der Waals surface area contributed by atoms with Gasteiger partial charge in [-0.25, -0.2) is 0 Å². The Morgan fingerprint density at radius 1 is 1.27 bits per heavy atom. The molecule has 0 atom stereocenters. The van der Waals surface area contributed by atoms with Crippen molar-refractivity contribution in [3.8, 4) is 0 Å². The van der Waals surface area contributed by atoms with E-state index in [9.17, 15) is 10.1 Å². The molecule has 1 aromatic carbocycles. The quantitative estimate of drug-likeness (QED) is 0.468. The van der Waals surface area contributed by atoms with E-state index in [0.717, 1.165) is 31.8 Å². The van der Waals surface area contributed by atoms with Crippen LogP contribution in [0.25, 0.3) is 0 Å². The largest absolute Gasteiger partial charge is 0.416 e. The Balaban J connectivity index is 1.89. The van der Waals surface area contributed by atoms with Gasteiger partial charge in [0.15, 0.2) is 8.32 Å². The summed E-state index contributed by atoms with van der Waals surface area (Å²) in [6.07, 6.45) is 0. The maximum atomic E-state index is 10.8. The predicted molar refractivity (Wildman–Crippen MR) is 90.4 cm³/mol. The Hall–Kier alpha value is -1.24. The molecule has 0 fully saturated rings.